The first kappa shape index (κ1) is 23.9. The van der Waals surface area contributed by atoms with Gasteiger partial charge in [-0.15, -0.1) is 24.0 Å². The predicted octanol–water partition coefficient (Wildman–Crippen LogP) is 2.90. The second-order valence-corrected chi connectivity index (χ2v) is 6.09. The van der Waals surface area contributed by atoms with Gasteiger partial charge in [0, 0.05) is 19.6 Å². The monoisotopic (exact) mass is 498 g/mol. The van der Waals surface area contributed by atoms with Crippen LogP contribution in [0.1, 0.15) is 18.1 Å². The van der Waals surface area contributed by atoms with Crippen molar-refractivity contribution >= 4 is 35.8 Å². The lowest BCUT2D eigenvalue weighted by atomic mass is 10.1. The average Bonchev–Trinajstić information content (AvgIpc) is 2.67. The minimum absolute atomic E-state index is 0. The van der Waals surface area contributed by atoms with Gasteiger partial charge in [-0.05, 0) is 43.0 Å². The quantitative estimate of drug-likeness (QED) is 0.283. The Labute approximate surface area is 183 Å². The summed E-state index contributed by atoms with van der Waals surface area (Å²) in [5.41, 5.74) is 2.10. The number of guanidine groups is 1. The normalized spacial score (nSPS) is 10.7. The van der Waals surface area contributed by atoms with Gasteiger partial charge in [-0.25, -0.2) is 9.38 Å². The number of benzene rings is 2. The minimum Gasteiger partial charge on any atom is -0.357 e. The summed E-state index contributed by atoms with van der Waals surface area (Å²) in [5.74, 6) is 0.223. The lowest BCUT2D eigenvalue weighted by Gasteiger charge is -2.11. The minimum atomic E-state index is -0.236. The number of amides is 1. The van der Waals surface area contributed by atoms with E-state index in [2.05, 4.69) is 20.9 Å². The summed E-state index contributed by atoms with van der Waals surface area (Å²) in [6, 6.07) is 16.6. The number of carbonyl (C=O) groups is 1. The fraction of sp³-hybridized carbons (Fsp3) is 0.333. The maximum atomic E-state index is 13.2. The predicted molar refractivity (Wildman–Crippen MR) is 123 cm³/mol. The Hall–Kier alpha value is -2.16. The lowest BCUT2D eigenvalue weighted by Crippen LogP contribution is -2.39. The van der Waals surface area contributed by atoms with E-state index in [9.17, 15) is 9.18 Å². The zero-order valence-electron chi connectivity index (χ0n) is 16.1. The van der Waals surface area contributed by atoms with Gasteiger partial charge in [-0.2, -0.15) is 0 Å². The van der Waals surface area contributed by atoms with Crippen LogP contribution in [0.4, 0.5) is 4.39 Å². The van der Waals surface area contributed by atoms with Crippen molar-refractivity contribution in [3.8, 4) is 0 Å². The van der Waals surface area contributed by atoms with Gasteiger partial charge in [-0.3, -0.25) is 4.79 Å². The molecule has 3 N–H and O–H groups in total. The summed E-state index contributed by atoms with van der Waals surface area (Å²) in [6.07, 6.45) is 1.47. The highest BCUT2D eigenvalue weighted by Crippen LogP contribution is 2.03. The zero-order chi connectivity index (χ0) is 19.3. The molecule has 5 nitrogen and oxygen atoms in total. The molecule has 0 spiro atoms. The van der Waals surface area contributed by atoms with E-state index in [-0.39, 0.29) is 42.2 Å². The molecule has 2 aromatic rings. The van der Waals surface area contributed by atoms with Crippen LogP contribution in [-0.2, 0) is 17.6 Å². The molecule has 0 saturated heterocycles. The Morgan fingerprint density at radius 1 is 0.929 bits per heavy atom. The molecule has 2 rings (SSSR count). The molecular formula is C21H28FIN4O. The van der Waals surface area contributed by atoms with Gasteiger partial charge in [0.2, 0.25) is 5.91 Å². The van der Waals surface area contributed by atoms with E-state index < -0.39 is 0 Å². The van der Waals surface area contributed by atoms with Crippen molar-refractivity contribution in [1.82, 2.24) is 16.0 Å². The van der Waals surface area contributed by atoms with E-state index in [1.807, 2.05) is 43.3 Å². The van der Waals surface area contributed by atoms with Crippen molar-refractivity contribution in [2.75, 3.05) is 26.2 Å². The number of hydrogen-bond donors (Lipinski definition) is 3. The van der Waals surface area contributed by atoms with Gasteiger partial charge in [0.15, 0.2) is 5.96 Å². The Kier molecular flexibility index (Phi) is 11.9. The highest BCUT2D eigenvalue weighted by Gasteiger charge is 2.03. The van der Waals surface area contributed by atoms with Crippen LogP contribution < -0.4 is 16.0 Å². The van der Waals surface area contributed by atoms with Crippen LogP contribution in [0, 0.1) is 5.82 Å². The van der Waals surface area contributed by atoms with E-state index in [4.69, 9.17) is 0 Å². The van der Waals surface area contributed by atoms with Gasteiger partial charge in [0.25, 0.3) is 0 Å². The summed E-state index contributed by atoms with van der Waals surface area (Å²) in [7, 11) is 0. The first-order valence-electron chi connectivity index (χ1n) is 9.24. The van der Waals surface area contributed by atoms with Crippen LogP contribution >= 0.6 is 24.0 Å². The van der Waals surface area contributed by atoms with Crippen LogP contribution in [-0.4, -0.2) is 38.0 Å². The largest absolute Gasteiger partial charge is 0.357 e. The van der Waals surface area contributed by atoms with Crippen molar-refractivity contribution in [2.45, 2.75) is 19.8 Å². The third-order valence-corrected chi connectivity index (χ3v) is 3.90. The maximum Gasteiger partial charge on any atom is 0.241 e. The molecule has 0 atom stereocenters. The third kappa shape index (κ3) is 9.68. The Morgan fingerprint density at radius 2 is 1.61 bits per heavy atom. The Balaban J connectivity index is 0.00000392. The molecular weight excluding hydrogens is 470 g/mol. The molecule has 0 fully saturated rings. The molecule has 152 valence electrons. The number of aliphatic imine (C=N–C) groups is 1. The molecule has 0 unspecified atom stereocenters. The van der Waals surface area contributed by atoms with E-state index in [0.717, 1.165) is 12.0 Å². The average molecular weight is 498 g/mol. The van der Waals surface area contributed by atoms with Crippen molar-refractivity contribution in [2.24, 2.45) is 4.99 Å². The molecule has 0 aliphatic heterocycles. The summed E-state index contributed by atoms with van der Waals surface area (Å²) in [5, 5.41) is 9.14. The van der Waals surface area contributed by atoms with Crippen molar-refractivity contribution in [1.29, 1.82) is 0 Å². The fourth-order valence-electron chi connectivity index (χ4n) is 2.56. The third-order valence-electron chi connectivity index (χ3n) is 3.90. The van der Waals surface area contributed by atoms with E-state index in [1.54, 1.807) is 6.07 Å². The summed E-state index contributed by atoms with van der Waals surface area (Å²) in [6.45, 7) is 3.90. The van der Waals surface area contributed by atoms with Gasteiger partial charge in [0.05, 0.1) is 0 Å². The fourth-order valence-corrected chi connectivity index (χ4v) is 2.56. The number of hydrogen-bond acceptors (Lipinski definition) is 2. The molecule has 0 heterocycles. The second-order valence-electron chi connectivity index (χ2n) is 6.09. The molecule has 2 aromatic carbocycles. The second kappa shape index (κ2) is 13.9. The SMILES string of the molecule is CCNC(=NCC(=O)NCCc1ccccc1)NCCc1cccc(F)c1.I. The van der Waals surface area contributed by atoms with Crippen LogP contribution in [0.2, 0.25) is 0 Å². The van der Waals surface area contributed by atoms with Crippen molar-refractivity contribution < 1.29 is 9.18 Å². The molecule has 0 radical (unpaired) electrons. The van der Waals surface area contributed by atoms with E-state index in [1.165, 1.54) is 17.7 Å². The molecule has 0 aliphatic carbocycles. The standard InChI is InChI=1S/C21H27FN4O.HI/c1-2-23-21(25-14-12-18-9-6-10-19(22)15-18)26-16-20(27)24-13-11-17-7-4-3-5-8-17;/h3-10,15H,2,11-14,16H2,1H3,(H,24,27)(H2,23,25,26);1H. The number of halogens is 2. The molecule has 0 saturated carbocycles. The van der Waals surface area contributed by atoms with E-state index in [0.29, 0.717) is 32.0 Å². The topological polar surface area (TPSA) is 65.5 Å². The van der Waals surface area contributed by atoms with Crippen molar-refractivity contribution in [3.63, 3.8) is 0 Å². The highest BCUT2D eigenvalue weighted by atomic mass is 127. The van der Waals surface area contributed by atoms with Gasteiger partial charge < -0.3 is 16.0 Å². The number of rotatable bonds is 9. The van der Waals surface area contributed by atoms with Gasteiger partial charge >= 0.3 is 0 Å². The summed E-state index contributed by atoms with van der Waals surface area (Å²) >= 11 is 0. The summed E-state index contributed by atoms with van der Waals surface area (Å²) in [4.78, 5) is 16.3. The highest BCUT2D eigenvalue weighted by molar-refractivity contribution is 14.0. The number of carbonyl (C=O) groups excluding carboxylic acids is 1. The summed E-state index contributed by atoms with van der Waals surface area (Å²) < 4.78 is 13.2. The van der Waals surface area contributed by atoms with Crippen LogP contribution in [0.3, 0.4) is 0 Å². The number of nitrogens with zero attached hydrogens (tertiary/aromatic N) is 1. The van der Waals surface area contributed by atoms with Crippen LogP contribution in [0.5, 0.6) is 0 Å². The van der Waals surface area contributed by atoms with Crippen molar-refractivity contribution in [3.05, 3.63) is 71.5 Å². The molecule has 0 aliphatic rings. The van der Waals surface area contributed by atoms with Gasteiger partial charge in [0.1, 0.15) is 12.4 Å². The Morgan fingerprint density at radius 3 is 2.32 bits per heavy atom. The zero-order valence-corrected chi connectivity index (χ0v) is 18.4. The van der Waals surface area contributed by atoms with E-state index >= 15 is 0 Å². The van der Waals surface area contributed by atoms with Gasteiger partial charge in [-0.1, -0.05) is 42.5 Å². The molecule has 1 amide bonds. The lowest BCUT2D eigenvalue weighted by molar-refractivity contribution is -0.119. The maximum absolute atomic E-state index is 13.2. The smallest absolute Gasteiger partial charge is 0.241 e. The molecule has 0 bridgehead atoms. The molecule has 28 heavy (non-hydrogen) atoms. The molecule has 7 heteroatoms. The Bertz CT molecular complexity index is 740. The molecule has 0 aromatic heterocycles. The first-order chi connectivity index (χ1) is 13.2. The van der Waals surface area contributed by atoms with Crippen LogP contribution in [0.15, 0.2) is 59.6 Å². The van der Waals surface area contributed by atoms with Crippen LogP contribution in [0.25, 0.3) is 0 Å². The number of nitrogens with one attached hydrogen (secondary N) is 3. The first-order valence-corrected chi connectivity index (χ1v) is 9.24.